The molecule has 1 rings (SSSR count). The summed E-state index contributed by atoms with van der Waals surface area (Å²) >= 11 is 0. The van der Waals surface area contributed by atoms with E-state index in [0.29, 0.717) is 18.5 Å². The molecule has 0 saturated heterocycles. The first-order valence-corrected chi connectivity index (χ1v) is 6.53. The van der Waals surface area contributed by atoms with E-state index >= 15 is 0 Å². The van der Waals surface area contributed by atoms with E-state index in [0.717, 1.165) is 12.0 Å². The molecule has 0 aliphatic heterocycles. The summed E-state index contributed by atoms with van der Waals surface area (Å²) in [4.78, 5) is 24.7. The van der Waals surface area contributed by atoms with Crippen LogP contribution in [-0.4, -0.2) is 35.5 Å². The molecule has 0 fully saturated rings. The van der Waals surface area contributed by atoms with Gasteiger partial charge in [-0.3, -0.25) is 4.79 Å². The van der Waals surface area contributed by atoms with Gasteiger partial charge in [0.2, 0.25) is 5.91 Å². The smallest absolute Gasteiger partial charge is 0.335 e. The Kier molecular flexibility index (Phi) is 5.55. The fourth-order valence-electron chi connectivity index (χ4n) is 1.90. The van der Waals surface area contributed by atoms with E-state index < -0.39 is 5.97 Å². The van der Waals surface area contributed by atoms with Crippen LogP contribution < -0.4 is 0 Å². The Hall–Kier alpha value is -1.84. The summed E-state index contributed by atoms with van der Waals surface area (Å²) in [7, 11) is 1.76. The van der Waals surface area contributed by atoms with Crippen LogP contribution in [0.25, 0.3) is 0 Å². The van der Waals surface area contributed by atoms with Crippen molar-refractivity contribution in [1.29, 1.82) is 0 Å². The zero-order valence-corrected chi connectivity index (χ0v) is 11.7. The van der Waals surface area contributed by atoms with Gasteiger partial charge < -0.3 is 10.0 Å². The van der Waals surface area contributed by atoms with Crippen LogP contribution in [0.5, 0.6) is 0 Å². The molecule has 0 heterocycles. The van der Waals surface area contributed by atoms with Gasteiger partial charge >= 0.3 is 5.97 Å². The summed E-state index contributed by atoms with van der Waals surface area (Å²) in [6.45, 7) is 4.42. The van der Waals surface area contributed by atoms with Gasteiger partial charge in [0.25, 0.3) is 0 Å². The van der Waals surface area contributed by atoms with Gasteiger partial charge in [-0.05, 0) is 24.5 Å². The van der Waals surface area contributed by atoms with Crippen LogP contribution >= 0.6 is 0 Å². The molecule has 1 unspecified atom stereocenters. The lowest BCUT2D eigenvalue weighted by molar-refractivity contribution is -0.133. The van der Waals surface area contributed by atoms with Crippen LogP contribution in [0.3, 0.4) is 0 Å². The van der Waals surface area contributed by atoms with Gasteiger partial charge in [0.05, 0.1) is 5.56 Å². The molecular weight excluding hydrogens is 242 g/mol. The van der Waals surface area contributed by atoms with Crippen LogP contribution in [0.15, 0.2) is 24.3 Å². The van der Waals surface area contributed by atoms with Crippen molar-refractivity contribution >= 4 is 11.9 Å². The number of carboxylic acid groups (broad SMARTS) is 1. The molecule has 1 amide bonds. The first-order chi connectivity index (χ1) is 8.97. The van der Waals surface area contributed by atoms with Crippen LogP contribution in [-0.2, 0) is 11.2 Å². The van der Waals surface area contributed by atoms with E-state index in [-0.39, 0.29) is 11.8 Å². The second-order valence-electron chi connectivity index (χ2n) is 4.78. The highest BCUT2D eigenvalue weighted by atomic mass is 16.4. The third-order valence-corrected chi connectivity index (χ3v) is 3.37. The molecular formula is C15H21NO3. The SMILES string of the molecule is CCC(C)C(=O)N(C)CCc1ccccc1C(=O)O. The molecule has 0 radical (unpaired) electrons. The lowest BCUT2D eigenvalue weighted by Gasteiger charge is -2.21. The first-order valence-electron chi connectivity index (χ1n) is 6.53. The van der Waals surface area contributed by atoms with Gasteiger partial charge in [-0.25, -0.2) is 4.79 Å². The normalized spacial score (nSPS) is 11.9. The van der Waals surface area contributed by atoms with Gasteiger partial charge in [-0.2, -0.15) is 0 Å². The lowest BCUT2D eigenvalue weighted by atomic mass is 10.0. The van der Waals surface area contributed by atoms with Crippen molar-refractivity contribution in [1.82, 2.24) is 4.90 Å². The molecule has 1 aromatic rings. The molecule has 104 valence electrons. The van der Waals surface area contributed by atoms with Crippen molar-refractivity contribution in [2.75, 3.05) is 13.6 Å². The first kappa shape index (κ1) is 15.2. The number of benzene rings is 1. The van der Waals surface area contributed by atoms with E-state index in [4.69, 9.17) is 5.11 Å². The van der Waals surface area contributed by atoms with Crippen molar-refractivity contribution in [2.24, 2.45) is 5.92 Å². The number of carbonyl (C=O) groups excluding carboxylic acids is 1. The van der Waals surface area contributed by atoms with Gasteiger partial charge in [-0.15, -0.1) is 0 Å². The summed E-state index contributed by atoms with van der Waals surface area (Å²) in [6.07, 6.45) is 1.37. The van der Waals surface area contributed by atoms with Crippen molar-refractivity contribution < 1.29 is 14.7 Å². The highest BCUT2D eigenvalue weighted by Gasteiger charge is 2.16. The summed E-state index contributed by atoms with van der Waals surface area (Å²) in [5.41, 5.74) is 1.07. The minimum absolute atomic E-state index is 0.0136. The summed E-state index contributed by atoms with van der Waals surface area (Å²) < 4.78 is 0. The maximum atomic E-state index is 11.9. The molecule has 0 aromatic heterocycles. The lowest BCUT2D eigenvalue weighted by Crippen LogP contribution is -2.33. The van der Waals surface area contributed by atoms with Gasteiger partial charge in [0, 0.05) is 19.5 Å². The Labute approximate surface area is 114 Å². The largest absolute Gasteiger partial charge is 0.478 e. The van der Waals surface area contributed by atoms with Crippen molar-refractivity contribution in [3.05, 3.63) is 35.4 Å². The number of likely N-dealkylation sites (N-methyl/N-ethyl adjacent to an activating group) is 1. The van der Waals surface area contributed by atoms with E-state index in [1.807, 2.05) is 19.9 Å². The number of rotatable bonds is 6. The quantitative estimate of drug-likeness (QED) is 0.857. The zero-order chi connectivity index (χ0) is 14.4. The average Bonchev–Trinajstić information content (AvgIpc) is 2.43. The third kappa shape index (κ3) is 4.09. The summed E-state index contributed by atoms with van der Waals surface area (Å²) in [6, 6.07) is 6.92. The molecule has 0 aliphatic carbocycles. The average molecular weight is 263 g/mol. The topological polar surface area (TPSA) is 57.6 Å². The highest BCUT2D eigenvalue weighted by Crippen LogP contribution is 2.11. The van der Waals surface area contributed by atoms with Crippen LogP contribution in [0.2, 0.25) is 0 Å². The van der Waals surface area contributed by atoms with E-state index in [1.165, 1.54) is 0 Å². The molecule has 0 saturated carbocycles. The fraction of sp³-hybridized carbons (Fsp3) is 0.467. The third-order valence-electron chi connectivity index (χ3n) is 3.37. The predicted molar refractivity (Wildman–Crippen MR) is 74.2 cm³/mol. The molecule has 0 spiro atoms. The molecule has 0 aliphatic rings. The Balaban J connectivity index is 2.67. The van der Waals surface area contributed by atoms with Crippen LogP contribution in [0.4, 0.5) is 0 Å². The minimum Gasteiger partial charge on any atom is -0.478 e. The second-order valence-corrected chi connectivity index (χ2v) is 4.78. The van der Waals surface area contributed by atoms with Crippen molar-refractivity contribution in [3.8, 4) is 0 Å². The molecule has 1 N–H and O–H groups in total. The van der Waals surface area contributed by atoms with Gasteiger partial charge in [0.15, 0.2) is 0 Å². The van der Waals surface area contributed by atoms with Gasteiger partial charge in [-0.1, -0.05) is 32.0 Å². The Morgan fingerprint density at radius 2 is 1.95 bits per heavy atom. The number of hydrogen-bond donors (Lipinski definition) is 1. The van der Waals surface area contributed by atoms with E-state index in [9.17, 15) is 9.59 Å². The standard InChI is InChI=1S/C15H21NO3/c1-4-11(2)14(17)16(3)10-9-12-7-5-6-8-13(12)15(18)19/h5-8,11H,4,9-10H2,1-3H3,(H,18,19). The maximum absolute atomic E-state index is 11.9. The van der Waals surface area contributed by atoms with Crippen molar-refractivity contribution in [3.63, 3.8) is 0 Å². The highest BCUT2D eigenvalue weighted by molar-refractivity contribution is 5.89. The molecule has 19 heavy (non-hydrogen) atoms. The molecule has 1 atom stereocenters. The van der Waals surface area contributed by atoms with E-state index in [2.05, 4.69) is 0 Å². The molecule has 1 aromatic carbocycles. The molecule has 0 bridgehead atoms. The maximum Gasteiger partial charge on any atom is 0.335 e. The van der Waals surface area contributed by atoms with Crippen molar-refractivity contribution in [2.45, 2.75) is 26.7 Å². The fourth-order valence-corrected chi connectivity index (χ4v) is 1.90. The Morgan fingerprint density at radius 3 is 2.53 bits per heavy atom. The van der Waals surface area contributed by atoms with E-state index in [1.54, 1.807) is 30.1 Å². The molecule has 4 heteroatoms. The molecule has 4 nitrogen and oxygen atoms in total. The predicted octanol–water partition coefficient (Wildman–Crippen LogP) is 2.43. The number of hydrogen-bond acceptors (Lipinski definition) is 2. The number of nitrogens with zero attached hydrogens (tertiary/aromatic N) is 1. The zero-order valence-electron chi connectivity index (χ0n) is 11.7. The Bertz CT molecular complexity index is 456. The number of amides is 1. The second kappa shape index (κ2) is 6.92. The Morgan fingerprint density at radius 1 is 1.32 bits per heavy atom. The summed E-state index contributed by atoms with van der Waals surface area (Å²) in [5.74, 6) is -0.804. The monoisotopic (exact) mass is 263 g/mol. The van der Waals surface area contributed by atoms with Gasteiger partial charge in [0.1, 0.15) is 0 Å². The number of carboxylic acids is 1. The number of aromatic carboxylic acids is 1. The minimum atomic E-state index is -0.925. The summed E-state index contributed by atoms with van der Waals surface area (Å²) in [5, 5.41) is 9.09. The van der Waals surface area contributed by atoms with Crippen LogP contribution in [0, 0.1) is 5.92 Å². The number of carbonyl (C=O) groups is 2. The van der Waals surface area contributed by atoms with Crippen LogP contribution in [0.1, 0.15) is 36.2 Å².